The first-order valence-corrected chi connectivity index (χ1v) is 8.98. The molecule has 0 amide bonds. The molecule has 126 valence electrons. The summed E-state index contributed by atoms with van der Waals surface area (Å²) in [5.41, 5.74) is 0. The molecule has 4 atom stereocenters. The average Bonchev–Trinajstić information content (AvgIpc) is 2.94. The molecule has 1 fully saturated rings. The Morgan fingerprint density at radius 1 is 1.00 bits per heavy atom. The van der Waals surface area contributed by atoms with E-state index in [1.165, 1.54) is 43.9 Å². The van der Waals surface area contributed by atoms with Crippen LogP contribution in [0.25, 0.3) is 0 Å². The lowest BCUT2D eigenvalue weighted by atomic mass is 10.0. The third kappa shape index (κ3) is 4.71. The van der Waals surface area contributed by atoms with Crippen LogP contribution in [-0.2, 0) is 28.6 Å². The van der Waals surface area contributed by atoms with Crippen LogP contribution >= 0.6 is 23.1 Å². The molecule has 0 radical (unpaired) electrons. The third-order valence-electron chi connectivity index (χ3n) is 3.17. The van der Waals surface area contributed by atoms with E-state index in [1.54, 1.807) is 0 Å². The molecule has 8 heteroatoms. The first-order chi connectivity index (χ1) is 10.9. The summed E-state index contributed by atoms with van der Waals surface area (Å²) in [7, 11) is 0. The van der Waals surface area contributed by atoms with Crippen LogP contribution in [0.3, 0.4) is 0 Å². The lowest BCUT2D eigenvalue weighted by Gasteiger charge is -2.40. The summed E-state index contributed by atoms with van der Waals surface area (Å²) in [6.45, 7) is 3.87. The minimum Gasteiger partial charge on any atom is -0.458 e. The standard InChI is InChI=1S/C15H18O6S2/c1-8(16)19-11-7-23-15(12-5-4-6-22-12)14(21-10(3)18)13(11)20-9(2)17/h4-6,11,13-15H,7H2,1-3H3/t11-,13+,14-,15+/m1/s1. The molecule has 0 unspecified atom stereocenters. The van der Waals surface area contributed by atoms with E-state index in [2.05, 4.69) is 0 Å². The largest absolute Gasteiger partial charge is 0.458 e. The molecule has 1 aliphatic rings. The predicted molar refractivity (Wildman–Crippen MR) is 86.2 cm³/mol. The molecular formula is C15H18O6S2. The average molecular weight is 358 g/mol. The number of thioether (sulfide) groups is 1. The Morgan fingerprint density at radius 2 is 1.61 bits per heavy atom. The summed E-state index contributed by atoms with van der Waals surface area (Å²) in [6, 6.07) is 3.85. The van der Waals surface area contributed by atoms with Crippen molar-refractivity contribution in [3.8, 4) is 0 Å². The van der Waals surface area contributed by atoms with Crippen molar-refractivity contribution in [2.24, 2.45) is 0 Å². The minimum absolute atomic E-state index is 0.171. The smallest absolute Gasteiger partial charge is 0.303 e. The van der Waals surface area contributed by atoms with E-state index in [9.17, 15) is 14.4 Å². The van der Waals surface area contributed by atoms with E-state index in [-0.39, 0.29) is 5.25 Å². The van der Waals surface area contributed by atoms with Gasteiger partial charge in [0.05, 0.1) is 5.25 Å². The highest BCUT2D eigenvalue weighted by atomic mass is 32.2. The molecule has 0 bridgehead atoms. The zero-order valence-electron chi connectivity index (χ0n) is 13.0. The van der Waals surface area contributed by atoms with E-state index in [1.807, 2.05) is 17.5 Å². The molecule has 1 aromatic heterocycles. The predicted octanol–water partition coefficient (Wildman–Crippen LogP) is 2.33. The van der Waals surface area contributed by atoms with Crippen molar-refractivity contribution in [1.29, 1.82) is 0 Å². The lowest BCUT2D eigenvalue weighted by molar-refractivity contribution is -0.182. The highest BCUT2D eigenvalue weighted by Gasteiger charge is 2.47. The Balaban J connectivity index is 2.31. The van der Waals surface area contributed by atoms with Crippen molar-refractivity contribution >= 4 is 41.0 Å². The summed E-state index contributed by atoms with van der Waals surface area (Å²) in [4.78, 5) is 35.3. The summed E-state index contributed by atoms with van der Waals surface area (Å²) < 4.78 is 16.0. The van der Waals surface area contributed by atoms with Crippen molar-refractivity contribution < 1.29 is 28.6 Å². The Hall–Kier alpha value is -1.54. The second kappa shape index (κ2) is 7.83. The van der Waals surface area contributed by atoms with Gasteiger partial charge in [0.2, 0.25) is 0 Å². The lowest BCUT2D eigenvalue weighted by Crippen LogP contribution is -2.51. The molecule has 0 N–H and O–H groups in total. The molecule has 2 rings (SSSR count). The number of hydrogen-bond acceptors (Lipinski definition) is 8. The summed E-state index contributed by atoms with van der Waals surface area (Å²) in [5.74, 6) is -1.000. The van der Waals surface area contributed by atoms with E-state index < -0.39 is 36.2 Å². The molecule has 1 saturated heterocycles. The van der Waals surface area contributed by atoms with Crippen LogP contribution in [0.5, 0.6) is 0 Å². The third-order valence-corrected chi connectivity index (χ3v) is 5.68. The maximum absolute atomic E-state index is 11.5. The number of ether oxygens (including phenoxy) is 3. The van der Waals surface area contributed by atoms with Crippen LogP contribution in [0.4, 0.5) is 0 Å². The second-order valence-corrected chi connectivity index (χ2v) is 7.22. The van der Waals surface area contributed by atoms with E-state index in [0.29, 0.717) is 5.75 Å². The number of carbonyl (C=O) groups is 3. The molecule has 0 aliphatic carbocycles. The van der Waals surface area contributed by atoms with Gasteiger partial charge in [0.1, 0.15) is 0 Å². The minimum atomic E-state index is -0.825. The van der Waals surface area contributed by atoms with Crippen LogP contribution in [0.2, 0.25) is 0 Å². The second-order valence-electron chi connectivity index (χ2n) is 5.07. The van der Waals surface area contributed by atoms with Crippen LogP contribution < -0.4 is 0 Å². The Morgan fingerprint density at radius 3 is 2.13 bits per heavy atom. The zero-order chi connectivity index (χ0) is 17.0. The number of rotatable bonds is 4. The van der Waals surface area contributed by atoms with Crippen molar-refractivity contribution in [3.05, 3.63) is 22.4 Å². The Bertz CT molecular complexity index is 571. The monoisotopic (exact) mass is 358 g/mol. The molecule has 1 aliphatic heterocycles. The summed E-state index contributed by atoms with van der Waals surface area (Å²) >= 11 is 3.05. The molecule has 6 nitrogen and oxygen atoms in total. The topological polar surface area (TPSA) is 78.9 Å². The maximum atomic E-state index is 11.5. The maximum Gasteiger partial charge on any atom is 0.303 e. The number of esters is 3. The van der Waals surface area contributed by atoms with Crippen molar-refractivity contribution in [2.75, 3.05) is 5.75 Å². The van der Waals surface area contributed by atoms with Crippen molar-refractivity contribution in [1.82, 2.24) is 0 Å². The molecule has 23 heavy (non-hydrogen) atoms. The number of hydrogen-bond donors (Lipinski definition) is 0. The Labute approximate surface area is 142 Å². The van der Waals surface area contributed by atoms with Gasteiger partial charge < -0.3 is 14.2 Å². The van der Waals surface area contributed by atoms with E-state index in [0.717, 1.165) is 4.88 Å². The van der Waals surface area contributed by atoms with Crippen LogP contribution in [0, 0.1) is 0 Å². The quantitative estimate of drug-likeness (QED) is 0.604. The summed E-state index contributed by atoms with van der Waals surface area (Å²) in [5, 5.41) is 1.76. The van der Waals surface area contributed by atoms with Crippen molar-refractivity contribution in [2.45, 2.75) is 44.3 Å². The van der Waals surface area contributed by atoms with Gasteiger partial charge in [-0.25, -0.2) is 0 Å². The molecule has 0 aromatic carbocycles. The molecule has 1 aromatic rings. The molecule has 2 heterocycles. The first-order valence-electron chi connectivity index (χ1n) is 7.05. The molecule has 0 spiro atoms. The van der Waals surface area contributed by atoms with Gasteiger partial charge in [0.25, 0.3) is 0 Å². The van der Waals surface area contributed by atoms with Crippen LogP contribution in [-0.4, -0.2) is 42.0 Å². The normalized spacial score (nSPS) is 27.1. The number of carbonyl (C=O) groups excluding carboxylic acids is 3. The van der Waals surface area contributed by atoms with Crippen LogP contribution in [0.15, 0.2) is 17.5 Å². The summed E-state index contributed by atoms with van der Waals surface area (Å²) in [6.07, 6.45) is -2.19. The van der Waals surface area contributed by atoms with Gasteiger partial charge >= 0.3 is 17.9 Å². The zero-order valence-corrected chi connectivity index (χ0v) is 14.6. The van der Waals surface area contributed by atoms with Gasteiger partial charge in [-0.2, -0.15) is 0 Å². The van der Waals surface area contributed by atoms with Gasteiger partial charge in [-0.15, -0.1) is 23.1 Å². The van der Waals surface area contributed by atoms with E-state index >= 15 is 0 Å². The Kier molecular flexibility index (Phi) is 6.06. The highest BCUT2D eigenvalue weighted by molar-refractivity contribution is 7.99. The first kappa shape index (κ1) is 17.8. The SMILES string of the molecule is CC(=O)O[C@@H]1[C@@H](OC(C)=O)[C@H](c2cccs2)SC[C@H]1OC(C)=O. The van der Waals surface area contributed by atoms with Gasteiger partial charge in [-0.05, 0) is 11.4 Å². The fourth-order valence-electron chi connectivity index (χ4n) is 2.44. The van der Waals surface area contributed by atoms with Gasteiger partial charge in [-0.1, -0.05) is 6.07 Å². The molecule has 0 saturated carbocycles. The molecular weight excluding hydrogens is 340 g/mol. The van der Waals surface area contributed by atoms with Gasteiger partial charge in [0, 0.05) is 31.4 Å². The van der Waals surface area contributed by atoms with Crippen LogP contribution in [0.1, 0.15) is 30.9 Å². The van der Waals surface area contributed by atoms with Gasteiger partial charge in [-0.3, -0.25) is 14.4 Å². The fraction of sp³-hybridized carbons (Fsp3) is 0.533. The highest BCUT2D eigenvalue weighted by Crippen LogP contribution is 2.44. The van der Waals surface area contributed by atoms with E-state index in [4.69, 9.17) is 14.2 Å². The van der Waals surface area contributed by atoms with Gasteiger partial charge in [0.15, 0.2) is 18.3 Å². The number of thiophene rings is 1. The fourth-order valence-corrected chi connectivity index (χ4v) is 4.85. The van der Waals surface area contributed by atoms with Crippen molar-refractivity contribution in [3.63, 3.8) is 0 Å².